The first-order chi connectivity index (χ1) is 12.2. The number of unbranched alkanes of at least 4 members (excludes halogenated alkanes) is 2. The summed E-state index contributed by atoms with van der Waals surface area (Å²) in [7, 11) is 0. The first-order valence-corrected chi connectivity index (χ1v) is 9.97. The van der Waals surface area contributed by atoms with E-state index in [1.807, 2.05) is 13.1 Å². The van der Waals surface area contributed by atoms with Crippen molar-refractivity contribution in [3.8, 4) is 0 Å². The fourth-order valence-corrected chi connectivity index (χ4v) is 3.01. The average Bonchev–Trinajstić information content (AvgIpc) is 2.55. The van der Waals surface area contributed by atoms with Crippen molar-refractivity contribution in [3.63, 3.8) is 0 Å². The molecule has 0 amide bonds. The minimum Gasteiger partial charge on any atom is -0.167 e. The van der Waals surface area contributed by atoms with E-state index in [9.17, 15) is 0 Å². The number of rotatable bonds is 12. The van der Waals surface area contributed by atoms with Crippen LogP contribution in [0.15, 0.2) is 56.8 Å². The van der Waals surface area contributed by atoms with Gasteiger partial charge in [-0.25, -0.2) is 0 Å². The van der Waals surface area contributed by atoms with E-state index in [2.05, 4.69) is 77.2 Å². The highest BCUT2D eigenvalue weighted by atomic mass is 15.2. The predicted octanol–water partition coefficient (Wildman–Crippen LogP) is 7.70. The Morgan fingerprint density at radius 3 is 2.19 bits per heavy atom. The first kappa shape index (κ1) is 24.3. The molecule has 0 aromatic rings. The summed E-state index contributed by atoms with van der Waals surface area (Å²) in [6, 6.07) is 0. The third-order valence-electron chi connectivity index (χ3n) is 4.65. The molecule has 1 atom stereocenters. The van der Waals surface area contributed by atoms with E-state index in [1.54, 1.807) is 0 Å². The van der Waals surface area contributed by atoms with Gasteiger partial charge in [-0.1, -0.05) is 70.4 Å². The van der Waals surface area contributed by atoms with E-state index in [0.717, 1.165) is 12.0 Å². The van der Waals surface area contributed by atoms with Crippen molar-refractivity contribution in [1.29, 1.82) is 0 Å². The lowest BCUT2D eigenvalue weighted by molar-refractivity contribution is 0.486. The maximum atomic E-state index is 4.08. The zero-order valence-electron chi connectivity index (χ0n) is 18.2. The summed E-state index contributed by atoms with van der Waals surface area (Å²) in [5.74, 6) is 1.28. The van der Waals surface area contributed by atoms with Gasteiger partial charge in [-0.05, 0) is 68.6 Å². The smallest absolute Gasteiger partial charge is 0.0530 e. The summed E-state index contributed by atoms with van der Waals surface area (Å²) in [5.41, 5.74) is 6.20. The van der Waals surface area contributed by atoms with Crippen LogP contribution in [0, 0.1) is 11.8 Å². The van der Waals surface area contributed by atoms with Gasteiger partial charge in [0.1, 0.15) is 0 Å². The SMILES string of the molecule is C=N/N=C/C(CCCCC)=C(C)/C(/C=C(/C)C(C)CC(C)C)=C/C(=C)C. The highest BCUT2D eigenvalue weighted by Gasteiger charge is 2.10. The van der Waals surface area contributed by atoms with Crippen LogP contribution in [0.4, 0.5) is 0 Å². The lowest BCUT2D eigenvalue weighted by Crippen LogP contribution is -2.03. The van der Waals surface area contributed by atoms with Crippen molar-refractivity contribution >= 4 is 12.9 Å². The largest absolute Gasteiger partial charge is 0.167 e. The van der Waals surface area contributed by atoms with E-state index < -0.39 is 0 Å². The number of hydrogen-bond donors (Lipinski definition) is 0. The molecular weight excluding hydrogens is 316 g/mol. The summed E-state index contributed by atoms with van der Waals surface area (Å²) in [5, 5.41) is 7.71. The zero-order valence-corrected chi connectivity index (χ0v) is 18.2. The molecule has 146 valence electrons. The molecule has 0 spiro atoms. The molecule has 0 N–H and O–H groups in total. The molecule has 0 aliphatic carbocycles. The second-order valence-corrected chi connectivity index (χ2v) is 7.86. The van der Waals surface area contributed by atoms with Crippen LogP contribution in [0.1, 0.15) is 80.6 Å². The van der Waals surface area contributed by atoms with Crippen LogP contribution in [0.2, 0.25) is 0 Å². The van der Waals surface area contributed by atoms with E-state index in [1.165, 1.54) is 48.0 Å². The van der Waals surface area contributed by atoms with Gasteiger partial charge in [-0.2, -0.15) is 10.2 Å². The topological polar surface area (TPSA) is 24.7 Å². The van der Waals surface area contributed by atoms with Gasteiger partial charge in [0.05, 0.1) is 6.21 Å². The molecule has 0 fully saturated rings. The van der Waals surface area contributed by atoms with Gasteiger partial charge < -0.3 is 0 Å². The van der Waals surface area contributed by atoms with Gasteiger partial charge in [0.25, 0.3) is 0 Å². The summed E-state index contributed by atoms with van der Waals surface area (Å²) in [6.07, 6.45) is 12.2. The van der Waals surface area contributed by atoms with Crippen LogP contribution in [-0.2, 0) is 0 Å². The zero-order chi connectivity index (χ0) is 20.1. The van der Waals surface area contributed by atoms with Crippen LogP contribution in [0.5, 0.6) is 0 Å². The quantitative estimate of drug-likeness (QED) is 0.148. The second kappa shape index (κ2) is 13.5. The molecule has 0 saturated heterocycles. The summed E-state index contributed by atoms with van der Waals surface area (Å²) in [4.78, 5) is 0. The van der Waals surface area contributed by atoms with Crippen molar-refractivity contribution in [1.82, 2.24) is 0 Å². The Hall–Kier alpha value is -1.70. The Labute approximate surface area is 162 Å². The average molecular weight is 357 g/mol. The van der Waals surface area contributed by atoms with E-state index in [-0.39, 0.29) is 0 Å². The van der Waals surface area contributed by atoms with Crippen LogP contribution >= 0.6 is 0 Å². The van der Waals surface area contributed by atoms with Crippen molar-refractivity contribution < 1.29 is 0 Å². The number of hydrogen-bond acceptors (Lipinski definition) is 2. The molecule has 0 rings (SSSR count). The van der Waals surface area contributed by atoms with Crippen molar-refractivity contribution in [2.75, 3.05) is 0 Å². The Morgan fingerprint density at radius 2 is 1.69 bits per heavy atom. The third kappa shape index (κ3) is 10.3. The minimum atomic E-state index is 0.573. The van der Waals surface area contributed by atoms with Crippen LogP contribution in [0.25, 0.3) is 0 Å². The molecule has 0 bridgehead atoms. The molecule has 0 heterocycles. The molecule has 0 aromatic carbocycles. The summed E-state index contributed by atoms with van der Waals surface area (Å²) >= 11 is 0. The molecule has 0 aliphatic heterocycles. The highest BCUT2D eigenvalue weighted by Crippen LogP contribution is 2.26. The third-order valence-corrected chi connectivity index (χ3v) is 4.65. The maximum Gasteiger partial charge on any atom is 0.0530 e. The van der Waals surface area contributed by atoms with Gasteiger partial charge in [-0.3, -0.25) is 0 Å². The number of nitrogens with zero attached hydrogens (tertiary/aromatic N) is 2. The molecule has 1 unspecified atom stereocenters. The van der Waals surface area contributed by atoms with E-state index in [4.69, 9.17) is 0 Å². The first-order valence-electron chi connectivity index (χ1n) is 9.97. The summed E-state index contributed by atoms with van der Waals surface area (Å²) < 4.78 is 0. The van der Waals surface area contributed by atoms with Gasteiger partial charge in [0.15, 0.2) is 0 Å². The molecule has 2 heteroatoms. The Morgan fingerprint density at radius 1 is 1.04 bits per heavy atom. The minimum absolute atomic E-state index is 0.573. The summed E-state index contributed by atoms with van der Waals surface area (Å²) in [6.45, 7) is 23.1. The molecule has 0 radical (unpaired) electrons. The second-order valence-electron chi connectivity index (χ2n) is 7.86. The molecule has 2 nitrogen and oxygen atoms in total. The highest BCUT2D eigenvalue weighted by molar-refractivity contribution is 5.81. The van der Waals surface area contributed by atoms with Gasteiger partial charge in [-0.15, -0.1) is 0 Å². The van der Waals surface area contributed by atoms with Gasteiger partial charge >= 0.3 is 0 Å². The number of allylic oxidation sites excluding steroid dienone is 7. The molecular formula is C24H40N2. The van der Waals surface area contributed by atoms with E-state index >= 15 is 0 Å². The lowest BCUT2D eigenvalue weighted by atomic mass is 9.89. The van der Waals surface area contributed by atoms with Crippen molar-refractivity contribution in [2.24, 2.45) is 22.0 Å². The Kier molecular flexibility index (Phi) is 12.6. The molecule has 0 saturated carbocycles. The van der Waals surface area contributed by atoms with Crippen LogP contribution < -0.4 is 0 Å². The maximum absolute atomic E-state index is 4.08. The Bertz CT molecular complexity index is 571. The van der Waals surface area contributed by atoms with Crippen molar-refractivity contribution in [3.05, 3.63) is 46.6 Å². The predicted molar refractivity (Wildman–Crippen MR) is 120 cm³/mol. The van der Waals surface area contributed by atoms with E-state index in [0.29, 0.717) is 11.8 Å². The van der Waals surface area contributed by atoms with Crippen LogP contribution in [0.3, 0.4) is 0 Å². The fourth-order valence-electron chi connectivity index (χ4n) is 3.01. The Balaban J connectivity index is 5.87. The molecule has 0 aromatic heterocycles. The van der Waals surface area contributed by atoms with Crippen molar-refractivity contribution in [2.45, 2.75) is 80.6 Å². The normalized spacial score (nSPS) is 15.4. The van der Waals surface area contributed by atoms with Crippen LogP contribution in [-0.4, -0.2) is 12.9 Å². The lowest BCUT2D eigenvalue weighted by Gasteiger charge is -2.17. The molecule has 26 heavy (non-hydrogen) atoms. The standard InChI is InChI=1S/C24H40N2/c1-10-11-12-13-23(17-26-25-9)22(8)24(15-19(4)5)16-21(7)20(6)14-18(2)3/h15-18,20H,4,9-14H2,1-3,5-8H3/b21-16-,23-22+,24-15+,26-17+. The van der Waals surface area contributed by atoms with Gasteiger partial charge in [0, 0.05) is 6.72 Å². The monoisotopic (exact) mass is 356 g/mol. The molecule has 0 aliphatic rings. The fraction of sp³-hybridized carbons (Fsp3) is 0.583. The van der Waals surface area contributed by atoms with Gasteiger partial charge in [0.2, 0.25) is 0 Å².